The predicted octanol–water partition coefficient (Wildman–Crippen LogP) is 3.50. The minimum atomic E-state index is 0.305. The molecule has 0 aliphatic carbocycles. The van der Waals surface area contributed by atoms with Gasteiger partial charge in [0.1, 0.15) is 0 Å². The molecule has 1 atom stereocenters. The first-order valence-corrected chi connectivity index (χ1v) is 7.02. The summed E-state index contributed by atoms with van der Waals surface area (Å²) in [6, 6.07) is 10.5. The third-order valence-corrected chi connectivity index (χ3v) is 3.64. The minimum Gasteiger partial charge on any atom is -0.378 e. The van der Waals surface area contributed by atoms with Crippen molar-refractivity contribution < 1.29 is 0 Å². The summed E-state index contributed by atoms with van der Waals surface area (Å²) < 4.78 is 0. The monoisotopic (exact) mass is 270 g/mol. The normalized spacial score (nSPS) is 12.3. The molecule has 2 heterocycles. The Labute approximate surface area is 115 Å². The van der Waals surface area contributed by atoms with Gasteiger partial charge >= 0.3 is 0 Å². The molecule has 0 aliphatic heterocycles. The van der Waals surface area contributed by atoms with Crippen molar-refractivity contribution in [2.45, 2.75) is 13.0 Å². The van der Waals surface area contributed by atoms with E-state index in [4.69, 9.17) is 0 Å². The number of hydrogen-bond donors (Lipinski definition) is 1. The zero-order chi connectivity index (χ0) is 13.1. The third kappa shape index (κ3) is 2.66. The van der Waals surface area contributed by atoms with Crippen molar-refractivity contribution in [2.75, 3.05) is 5.32 Å². The van der Waals surface area contributed by atoms with Crippen LogP contribution in [0.1, 0.15) is 18.5 Å². The van der Waals surface area contributed by atoms with E-state index in [9.17, 15) is 0 Å². The first-order chi connectivity index (χ1) is 9.33. The molecule has 0 saturated carbocycles. The second kappa shape index (κ2) is 5.24. The molecular formula is C14H14N4S. The molecule has 1 N–H and O–H groups in total. The zero-order valence-electron chi connectivity index (χ0n) is 10.5. The molecule has 0 spiro atoms. The smallest absolute Gasteiger partial charge is 0.0858 e. The Hall–Kier alpha value is -2.14. The fraction of sp³-hybridized carbons (Fsp3) is 0.143. The van der Waals surface area contributed by atoms with Crippen LogP contribution in [0.4, 0.5) is 5.69 Å². The number of anilines is 1. The van der Waals surface area contributed by atoms with Crippen LogP contribution in [0.15, 0.2) is 53.5 Å². The van der Waals surface area contributed by atoms with Crippen molar-refractivity contribution in [1.29, 1.82) is 0 Å². The summed E-state index contributed by atoms with van der Waals surface area (Å²) in [6.07, 6.45) is 3.34. The molecule has 3 aromatic rings. The molecule has 2 aromatic heterocycles. The van der Waals surface area contributed by atoms with Gasteiger partial charge in [-0.05, 0) is 53.6 Å². The van der Waals surface area contributed by atoms with Gasteiger partial charge in [-0.3, -0.25) is 0 Å². The van der Waals surface area contributed by atoms with Gasteiger partial charge in [-0.15, -0.1) is 0 Å². The summed E-state index contributed by atoms with van der Waals surface area (Å²) in [4.78, 5) is 1.60. The predicted molar refractivity (Wildman–Crippen MR) is 77.7 cm³/mol. The standard InChI is InChI=1S/C14H14N4S/c1-11(12-6-9-19-10-12)17-13-2-4-14(5-3-13)18-15-7-8-16-18/h2-11,17H,1H3. The van der Waals surface area contributed by atoms with Crippen molar-refractivity contribution in [3.05, 3.63) is 59.0 Å². The van der Waals surface area contributed by atoms with Crippen LogP contribution in [0, 0.1) is 0 Å². The SMILES string of the molecule is CC(Nc1ccc(-n2nccn2)cc1)c1ccsc1. The molecule has 3 rings (SSSR count). The van der Waals surface area contributed by atoms with Crippen molar-refractivity contribution in [2.24, 2.45) is 0 Å². The Morgan fingerprint density at radius 2 is 1.84 bits per heavy atom. The number of nitrogens with zero attached hydrogens (tertiary/aromatic N) is 3. The van der Waals surface area contributed by atoms with E-state index in [-0.39, 0.29) is 0 Å². The molecule has 0 saturated heterocycles. The molecule has 0 amide bonds. The highest BCUT2D eigenvalue weighted by Crippen LogP contribution is 2.21. The Kier molecular flexibility index (Phi) is 3.29. The van der Waals surface area contributed by atoms with Crippen molar-refractivity contribution in [1.82, 2.24) is 15.0 Å². The molecule has 19 heavy (non-hydrogen) atoms. The molecule has 0 fully saturated rings. The highest BCUT2D eigenvalue weighted by Gasteiger charge is 2.05. The van der Waals surface area contributed by atoms with Crippen LogP contribution in [0.2, 0.25) is 0 Å². The zero-order valence-corrected chi connectivity index (χ0v) is 11.3. The van der Waals surface area contributed by atoms with E-state index in [2.05, 4.69) is 39.3 Å². The van der Waals surface area contributed by atoms with Crippen LogP contribution >= 0.6 is 11.3 Å². The third-order valence-electron chi connectivity index (χ3n) is 2.94. The minimum absolute atomic E-state index is 0.305. The first kappa shape index (κ1) is 11.9. The Morgan fingerprint density at radius 1 is 1.11 bits per heavy atom. The van der Waals surface area contributed by atoms with Gasteiger partial charge in [-0.25, -0.2) is 0 Å². The Balaban J connectivity index is 1.73. The highest BCUT2D eigenvalue weighted by molar-refractivity contribution is 7.07. The summed E-state index contributed by atoms with van der Waals surface area (Å²) in [5, 5.41) is 15.9. The van der Waals surface area contributed by atoms with Gasteiger partial charge in [0.15, 0.2) is 0 Å². The lowest BCUT2D eigenvalue weighted by Crippen LogP contribution is -2.05. The van der Waals surface area contributed by atoms with Crippen LogP contribution in [0.25, 0.3) is 5.69 Å². The maximum atomic E-state index is 4.10. The molecule has 0 bridgehead atoms. The number of thiophene rings is 1. The van der Waals surface area contributed by atoms with Crippen LogP contribution in [0.5, 0.6) is 0 Å². The molecule has 5 heteroatoms. The molecule has 1 unspecified atom stereocenters. The average Bonchev–Trinajstić information content (AvgIpc) is 3.13. The highest BCUT2D eigenvalue weighted by atomic mass is 32.1. The number of aromatic nitrogens is 3. The van der Waals surface area contributed by atoms with Gasteiger partial charge in [0, 0.05) is 11.7 Å². The maximum Gasteiger partial charge on any atom is 0.0858 e. The fourth-order valence-electron chi connectivity index (χ4n) is 1.89. The van der Waals surface area contributed by atoms with Crippen molar-refractivity contribution >= 4 is 17.0 Å². The van der Waals surface area contributed by atoms with E-state index in [0.717, 1.165) is 11.4 Å². The second-order valence-corrected chi connectivity index (χ2v) is 5.07. The van der Waals surface area contributed by atoms with E-state index in [1.165, 1.54) is 5.56 Å². The quantitative estimate of drug-likeness (QED) is 0.789. The van der Waals surface area contributed by atoms with E-state index in [0.29, 0.717) is 6.04 Å². The van der Waals surface area contributed by atoms with Gasteiger partial charge in [0.05, 0.1) is 18.1 Å². The summed E-state index contributed by atoms with van der Waals surface area (Å²) in [5.41, 5.74) is 3.36. The second-order valence-electron chi connectivity index (χ2n) is 4.29. The van der Waals surface area contributed by atoms with Crippen LogP contribution in [-0.2, 0) is 0 Å². The Bertz CT molecular complexity index is 614. The van der Waals surface area contributed by atoms with Crippen LogP contribution in [0.3, 0.4) is 0 Å². The lowest BCUT2D eigenvalue weighted by atomic mass is 10.1. The van der Waals surface area contributed by atoms with Gasteiger partial charge in [0.25, 0.3) is 0 Å². The van der Waals surface area contributed by atoms with Crippen molar-refractivity contribution in [3.63, 3.8) is 0 Å². The first-order valence-electron chi connectivity index (χ1n) is 6.08. The largest absolute Gasteiger partial charge is 0.378 e. The summed E-state index contributed by atoms with van der Waals surface area (Å²) in [6.45, 7) is 2.16. The van der Waals surface area contributed by atoms with Gasteiger partial charge in [0.2, 0.25) is 0 Å². The van der Waals surface area contributed by atoms with E-state index >= 15 is 0 Å². The van der Waals surface area contributed by atoms with E-state index < -0.39 is 0 Å². The molecule has 1 aromatic carbocycles. The van der Waals surface area contributed by atoms with Crippen LogP contribution < -0.4 is 5.32 Å². The van der Waals surface area contributed by atoms with E-state index in [1.54, 1.807) is 28.5 Å². The Morgan fingerprint density at radius 3 is 2.47 bits per heavy atom. The summed E-state index contributed by atoms with van der Waals surface area (Å²) in [7, 11) is 0. The van der Waals surface area contributed by atoms with Crippen LogP contribution in [-0.4, -0.2) is 15.0 Å². The average molecular weight is 270 g/mol. The summed E-state index contributed by atoms with van der Waals surface area (Å²) in [5.74, 6) is 0. The maximum absolute atomic E-state index is 4.10. The van der Waals surface area contributed by atoms with E-state index in [1.807, 2.05) is 24.3 Å². The fourth-order valence-corrected chi connectivity index (χ4v) is 2.65. The lowest BCUT2D eigenvalue weighted by molar-refractivity contribution is 0.752. The van der Waals surface area contributed by atoms with Gasteiger partial charge in [-0.2, -0.15) is 26.3 Å². The lowest BCUT2D eigenvalue weighted by Gasteiger charge is -2.14. The molecule has 0 radical (unpaired) electrons. The molecular weight excluding hydrogens is 256 g/mol. The summed E-state index contributed by atoms with van der Waals surface area (Å²) >= 11 is 1.72. The van der Waals surface area contributed by atoms with Crippen molar-refractivity contribution in [3.8, 4) is 5.69 Å². The molecule has 4 nitrogen and oxygen atoms in total. The number of nitrogens with one attached hydrogen (secondary N) is 1. The van der Waals surface area contributed by atoms with Gasteiger partial charge in [-0.1, -0.05) is 0 Å². The molecule has 96 valence electrons. The number of hydrogen-bond acceptors (Lipinski definition) is 4. The topological polar surface area (TPSA) is 42.7 Å². The number of benzene rings is 1. The number of rotatable bonds is 4. The van der Waals surface area contributed by atoms with Gasteiger partial charge < -0.3 is 5.32 Å². The molecule has 0 aliphatic rings.